The van der Waals surface area contributed by atoms with Gasteiger partial charge in [0.2, 0.25) is 59.1 Å². The van der Waals surface area contributed by atoms with Gasteiger partial charge < -0.3 is 63.1 Å². The summed E-state index contributed by atoms with van der Waals surface area (Å²) in [5.41, 5.74) is 6.29. The van der Waals surface area contributed by atoms with Crippen molar-refractivity contribution in [2.75, 3.05) is 25.5 Å². The number of carbonyl (C=O) groups is 14. The van der Waals surface area contributed by atoms with Crippen molar-refractivity contribution in [3.63, 3.8) is 0 Å². The third-order valence-corrected chi connectivity index (χ3v) is 31.5. The molecule has 0 aromatic heterocycles. The van der Waals surface area contributed by atoms with E-state index in [1.54, 1.807) is 121 Å². The van der Waals surface area contributed by atoms with Crippen LogP contribution in [0.3, 0.4) is 0 Å². The quantitative estimate of drug-likeness (QED) is 0.0186. The zero-order valence-electron chi connectivity index (χ0n) is 71.1. The van der Waals surface area contributed by atoms with E-state index in [4.69, 9.17) is 38.8 Å². The van der Waals surface area contributed by atoms with Gasteiger partial charge in [-0.2, -0.15) is 0 Å². The summed E-state index contributed by atoms with van der Waals surface area (Å²) in [4.78, 5) is 206. The number of benzene rings is 8. The number of hydrogen-bond acceptors (Lipinski definition) is 18. The van der Waals surface area contributed by atoms with Gasteiger partial charge in [0.05, 0.1) is 0 Å². The number of fused-ring (bicyclic) bond motifs is 6. The van der Waals surface area contributed by atoms with Crippen LogP contribution in [0.15, 0.2) is 218 Å². The minimum absolute atomic E-state index is 0.378. The highest BCUT2D eigenvalue weighted by molar-refractivity contribution is 8.22. The summed E-state index contributed by atoms with van der Waals surface area (Å²) in [6, 6.07) is 45.3. The molecule has 11 N–H and O–H groups in total. The lowest BCUT2D eigenvalue weighted by atomic mass is 9.98. The number of carbonyl (C=O) groups excluding carboxylic acids is 14. The van der Waals surface area contributed by atoms with Crippen molar-refractivity contribution < 1.29 is 76.6 Å². The molecular weight excluding hydrogens is 1660 g/mol. The van der Waals surface area contributed by atoms with E-state index in [1.807, 2.05) is 97.1 Å². The van der Waals surface area contributed by atoms with Gasteiger partial charge in [0.1, 0.15) is 78.2 Å². The first-order valence-corrected chi connectivity index (χ1v) is 46.4. The molecule has 0 aliphatic heterocycles. The molecule has 8 aromatic carbocycles. The Morgan fingerprint density at radius 3 is 0.960 bits per heavy atom. The van der Waals surface area contributed by atoms with Gasteiger partial charge in [-0.1, -0.05) is 242 Å². The van der Waals surface area contributed by atoms with Crippen molar-refractivity contribution >= 4 is 140 Å². The maximum Gasteiger partial charge on any atom is 0.417 e. The number of imide groups is 2. The highest BCUT2D eigenvalue weighted by Crippen LogP contribution is 2.49. The van der Waals surface area contributed by atoms with E-state index >= 15 is 33.6 Å². The standard InChI is InChI=1S/C92H104N12O16P2S2/c1-54(77(93)106)98-85(114)90(8,9)101-80(109)58(5)97-83(112)76(53-122(124,63-38-22-16-23-39-63)64-40-24-17-25-41-64)104(89(118)120-51-74-71-48-32-28-44-67(71)68-45-29-33-49-72(68)74)87(116)92(12,13)102-81(110)57(4)95-78(107)55(2)96-82(111)75(52-121(123,61-34-18-14-19-35-61)62-36-20-15-21-37-62)103(84(113)59(6)99-86(115)91(10,11)100-79(108)56(3)94-60(7)105)88(117)119-50-73-69-46-30-26-42-65(69)66-43-27-31-47-70(66)73/h14-49,54-59,73-76H,50-53H2,1-13H3,(H2,93,106)(H,94,105)(H,95,107)(H,96,111)(H,97,112)(H,98,114)(H,99,115)(H,100,108)(H,101,109)(H,102,110)/t54-,55-,56-,57-,58-,59-,75-,76-/m0/s1. The van der Waals surface area contributed by atoms with E-state index in [9.17, 15) is 33.6 Å². The molecule has 28 nitrogen and oxygen atoms in total. The van der Waals surface area contributed by atoms with Crippen molar-refractivity contribution in [2.45, 2.75) is 167 Å². The van der Waals surface area contributed by atoms with Crippen LogP contribution in [0.5, 0.6) is 0 Å². The normalized spacial score (nSPS) is 14.4. The smallest absolute Gasteiger partial charge is 0.417 e. The highest BCUT2D eigenvalue weighted by Gasteiger charge is 2.50. The first kappa shape index (κ1) is 93.9. The Labute approximate surface area is 730 Å². The van der Waals surface area contributed by atoms with Crippen LogP contribution in [-0.2, 0) is 90.6 Å². The second-order valence-corrected chi connectivity index (χ2v) is 42.0. The van der Waals surface area contributed by atoms with Crippen LogP contribution >= 0.6 is 12.1 Å². The lowest BCUT2D eigenvalue weighted by Gasteiger charge is -2.38. The Bertz CT molecular complexity index is 5330. The Morgan fingerprint density at radius 2 is 0.629 bits per heavy atom. The summed E-state index contributed by atoms with van der Waals surface area (Å²) in [5.74, 6) is -12.8. The highest BCUT2D eigenvalue weighted by atomic mass is 32.4. The molecule has 124 heavy (non-hydrogen) atoms. The number of primary amides is 1. The van der Waals surface area contributed by atoms with E-state index in [1.165, 1.54) is 90.0 Å². The van der Waals surface area contributed by atoms with Crippen LogP contribution in [0.4, 0.5) is 9.59 Å². The Kier molecular flexibility index (Phi) is 30.2. The SMILES string of the molecule is CC(=O)N[C@@H](C)C(=O)NC(C)(C)C(=O)N[C@@H](C)C(=O)N(C(=O)OCC1c2ccccc2-c2ccccc21)[C@@H](CP(=S)(c1ccccc1)c1ccccc1)C(=O)N[C@@H](C)C(=O)N[C@@H](C)C(=O)NC(C)(C)C(=O)N(C(=O)OCC1c2ccccc2-c2ccccc21)[C@@H](CP(=S)(c1ccccc1)c1ccccc1)C(=O)N[C@@H](C)C(=O)NC(C)(C)C(=O)N[C@@H](C)C(N)=O. The lowest BCUT2D eigenvalue weighted by molar-refractivity contribution is -0.145. The van der Waals surface area contributed by atoms with E-state index in [2.05, 4.69) is 47.9 Å². The Hall–Kier alpha value is -12.4. The summed E-state index contributed by atoms with van der Waals surface area (Å²) in [6.45, 7) is 16.2. The van der Waals surface area contributed by atoms with Crippen molar-refractivity contribution in [2.24, 2.45) is 5.73 Å². The predicted octanol–water partition coefficient (Wildman–Crippen LogP) is 6.76. The molecular formula is C92H104N12O16P2S2. The van der Waals surface area contributed by atoms with Gasteiger partial charge in [-0.3, -0.25) is 57.5 Å². The van der Waals surface area contributed by atoms with Crippen molar-refractivity contribution in [1.29, 1.82) is 0 Å². The van der Waals surface area contributed by atoms with Gasteiger partial charge in [-0.25, -0.2) is 19.4 Å². The number of nitrogens with zero attached hydrogens (tertiary/aromatic N) is 2. The number of nitrogens with one attached hydrogen (secondary N) is 9. The van der Waals surface area contributed by atoms with Crippen LogP contribution < -0.4 is 74.8 Å². The number of ether oxygens (including phenoxy) is 2. The topological polar surface area (TPSA) is 398 Å². The third-order valence-electron chi connectivity index (χ3n) is 21.8. The summed E-state index contributed by atoms with van der Waals surface area (Å²) < 4.78 is 12.5. The van der Waals surface area contributed by atoms with Crippen LogP contribution in [-0.4, -0.2) is 183 Å². The van der Waals surface area contributed by atoms with Crippen LogP contribution in [0.1, 0.15) is 124 Å². The average Bonchev–Trinajstić information content (AvgIpc) is 1.67. The minimum Gasteiger partial charge on any atom is -0.448 e. The first-order valence-electron chi connectivity index (χ1n) is 40.4. The zero-order chi connectivity index (χ0) is 90.5. The molecule has 8 aromatic rings. The van der Waals surface area contributed by atoms with Gasteiger partial charge in [-0.05, 0) is 149 Å². The molecule has 2 aliphatic rings. The van der Waals surface area contributed by atoms with Crippen molar-refractivity contribution in [1.82, 2.24) is 57.7 Å². The maximum absolute atomic E-state index is 16.3. The number of amides is 14. The fourth-order valence-corrected chi connectivity index (χ4v) is 22.8. The predicted molar refractivity (Wildman–Crippen MR) is 481 cm³/mol. The van der Waals surface area contributed by atoms with Crippen LogP contribution in [0, 0.1) is 0 Å². The second kappa shape index (κ2) is 39.9. The molecule has 2 aliphatic carbocycles. The molecule has 0 spiro atoms. The molecule has 0 bridgehead atoms. The molecule has 0 radical (unpaired) electrons. The lowest BCUT2D eigenvalue weighted by Crippen LogP contribution is -2.66. The monoisotopic (exact) mass is 1760 g/mol. The van der Waals surface area contributed by atoms with Crippen molar-refractivity contribution in [3.05, 3.63) is 241 Å². The van der Waals surface area contributed by atoms with Gasteiger partial charge >= 0.3 is 12.2 Å². The Morgan fingerprint density at radius 1 is 0.355 bits per heavy atom. The molecule has 0 fully saturated rings. The number of rotatable bonds is 34. The van der Waals surface area contributed by atoms with E-state index in [0.29, 0.717) is 31.0 Å². The minimum atomic E-state index is -3.44. The van der Waals surface area contributed by atoms with E-state index < -0.39 is 191 Å². The molecule has 0 unspecified atom stereocenters. The zero-order valence-corrected chi connectivity index (χ0v) is 74.5. The number of hydrogen-bond donors (Lipinski definition) is 10. The van der Waals surface area contributed by atoms with E-state index in [0.717, 1.165) is 44.5 Å². The summed E-state index contributed by atoms with van der Waals surface area (Å²) >= 11 is 13.5. The molecule has 8 atom stereocenters. The molecule has 14 amide bonds. The Balaban J connectivity index is 0.986. The molecule has 650 valence electrons. The molecule has 32 heteroatoms. The molecule has 0 saturated carbocycles. The molecule has 10 rings (SSSR count). The third kappa shape index (κ3) is 21.6. The van der Waals surface area contributed by atoms with E-state index in [-0.39, 0.29) is 6.61 Å². The first-order chi connectivity index (χ1) is 58.6. The largest absolute Gasteiger partial charge is 0.448 e. The summed E-state index contributed by atoms with van der Waals surface area (Å²) in [6.07, 6.45) is -3.71. The second-order valence-electron chi connectivity index (χ2n) is 32.5. The molecule has 0 saturated heterocycles. The maximum atomic E-state index is 16.3. The number of nitrogens with two attached hydrogens (primary N) is 1. The van der Waals surface area contributed by atoms with Gasteiger partial charge in [0, 0.05) is 43.2 Å². The summed E-state index contributed by atoms with van der Waals surface area (Å²) in [7, 11) is 0. The van der Waals surface area contributed by atoms with Crippen LogP contribution in [0.25, 0.3) is 22.3 Å². The van der Waals surface area contributed by atoms with Gasteiger partial charge in [0.15, 0.2) is 0 Å². The van der Waals surface area contributed by atoms with Gasteiger partial charge in [-0.15, -0.1) is 0 Å². The van der Waals surface area contributed by atoms with Gasteiger partial charge in [0.25, 0.3) is 11.8 Å². The molecule has 0 heterocycles. The fraction of sp³-hybridized carbons (Fsp3) is 0.326. The van der Waals surface area contributed by atoms with Crippen molar-refractivity contribution in [3.8, 4) is 22.3 Å². The fourth-order valence-electron chi connectivity index (χ4n) is 14.8. The average molecular weight is 1760 g/mol. The summed E-state index contributed by atoms with van der Waals surface area (Å²) in [5, 5.41) is 25.4. The van der Waals surface area contributed by atoms with Crippen LogP contribution in [0.2, 0.25) is 0 Å².